The lowest BCUT2D eigenvalue weighted by Gasteiger charge is -2.31. The van der Waals surface area contributed by atoms with Gasteiger partial charge in [0.25, 0.3) is 0 Å². The Labute approximate surface area is 123 Å². The molecule has 0 spiro atoms. The summed E-state index contributed by atoms with van der Waals surface area (Å²) in [5.41, 5.74) is -3.41. The lowest BCUT2D eigenvalue weighted by Crippen LogP contribution is -2.41. The third-order valence-corrected chi connectivity index (χ3v) is 4.30. The molecule has 0 amide bonds. The lowest BCUT2D eigenvalue weighted by molar-refractivity contribution is -0.190. The summed E-state index contributed by atoms with van der Waals surface area (Å²) >= 11 is 0. The molecule has 1 aliphatic rings. The third-order valence-electron chi connectivity index (χ3n) is 4.30. The minimum absolute atomic E-state index is 0.167. The first-order valence-electron chi connectivity index (χ1n) is 6.83. The summed E-state index contributed by atoms with van der Waals surface area (Å²) in [5.74, 6) is -0.781. The summed E-state index contributed by atoms with van der Waals surface area (Å²) in [6, 6.07) is 1.58. The molecule has 0 saturated heterocycles. The molecule has 1 aliphatic carbocycles. The van der Waals surface area contributed by atoms with E-state index in [-0.39, 0.29) is 24.2 Å². The van der Waals surface area contributed by atoms with Crippen LogP contribution in [0.25, 0.3) is 5.52 Å². The number of aromatic nitrogens is 3. The minimum Gasteiger partial charge on any atom is -0.237 e. The van der Waals surface area contributed by atoms with Crippen molar-refractivity contribution in [2.45, 2.75) is 44.2 Å². The largest absolute Gasteiger partial charge is 0.399 e. The average Bonchev–Trinajstić information content (AvgIpc) is 3.02. The monoisotopic (exact) mass is 312 g/mol. The van der Waals surface area contributed by atoms with Crippen LogP contribution in [-0.4, -0.2) is 20.8 Å². The number of aryl methyl sites for hydroxylation is 1. The van der Waals surface area contributed by atoms with Gasteiger partial charge in [-0.15, -0.1) is 0 Å². The topological polar surface area (TPSA) is 54.0 Å². The number of fused-ring (bicyclic) bond motifs is 1. The number of hydrogen-bond donors (Lipinski definition) is 0. The molecule has 2 heterocycles. The zero-order valence-electron chi connectivity index (χ0n) is 11.7. The second-order valence-corrected chi connectivity index (χ2v) is 5.54. The molecule has 3 rings (SSSR count). The van der Waals surface area contributed by atoms with Crippen LogP contribution in [0.4, 0.5) is 17.6 Å². The highest BCUT2D eigenvalue weighted by Crippen LogP contribution is 2.53. The number of nitrogens with zero attached hydrogens (tertiary/aromatic N) is 4. The smallest absolute Gasteiger partial charge is 0.237 e. The molecule has 0 radical (unpaired) electrons. The van der Waals surface area contributed by atoms with Crippen molar-refractivity contribution < 1.29 is 17.6 Å². The predicted molar refractivity (Wildman–Crippen MR) is 68.6 cm³/mol. The van der Waals surface area contributed by atoms with Gasteiger partial charge in [-0.2, -0.15) is 23.5 Å². The first-order chi connectivity index (χ1) is 10.3. The highest BCUT2D eigenvalue weighted by molar-refractivity contribution is 5.59. The van der Waals surface area contributed by atoms with E-state index in [1.54, 1.807) is 6.07 Å². The molecule has 0 atom stereocenters. The van der Waals surface area contributed by atoms with Crippen LogP contribution < -0.4 is 0 Å². The van der Waals surface area contributed by atoms with E-state index in [1.165, 1.54) is 6.92 Å². The molecule has 2 aromatic heterocycles. The van der Waals surface area contributed by atoms with Crippen LogP contribution in [-0.2, 0) is 5.41 Å². The summed E-state index contributed by atoms with van der Waals surface area (Å²) < 4.78 is 56.6. The first-order valence-corrected chi connectivity index (χ1v) is 6.83. The Morgan fingerprint density at radius 3 is 2.50 bits per heavy atom. The van der Waals surface area contributed by atoms with Crippen molar-refractivity contribution in [3.8, 4) is 6.07 Å². The SMILES string of the molecule is Cc1ncc2c(F)c(C#N)c(C3(C(F)(F)F)CCCC3)n2n1. The van der Waals surface area contributed by atoms with Crippen molar-refractivity contribution in [2.75, 3.05) is 0 Å². The fourth-order valence-electron chi connectivity index (χ4n) is 3.27. The molecular weight excluding hydrogens is 300 g/mol. The molecule has 1 fully saturated rings. The molecule has 22 heavy (non-hydrogen) atoms. The highest BCUT2D eigenvalue weighted by atomic mass is 19.4. The molecule has 0 aromatic carbocycles. The molecule has 4 nitrogen and oxygen atoms in total. The van der Waals surface area contributed by atoms with E-state index in [0.717, 1.165) is 10.7 Å². The number of halogens is 4. The van der Waals surface area contributed by atoms with Crippen LogP contribution >= 0.6 is 0 Å². The number of alkyl halides is 3. The van der Waals surface area contributed by atoms with Gasteiger partial charge in [0.15, 0.2) is 5.82 Å². The Kier molecular flexibility index (Phi) is 3.13. The second kappa shape index (κ2) is 4.66. The van der Waals surface area contributed by atoms with Crippen LogP contribution in [0.15, 0.2) is 6.20 Å². The quantitative estimate of drug-likeness (QED) is 0.758. The van der Waals surface area contributed by atoms with Gasteiger partial charge in [-0.25, -0.2) is 13.9 Å². The minimum atomic E-state index is -4.57. The summed E-state index contributed by atoms with van der Waals surface area (Å²) in [6.45, 7) is 1.50. The van der Waals surface area contributed by atoms with E-state index < -0.39 is 28.7 Å². The Morgan fingerprint density at radius 2 is 1.95 bits per heavy atom. The Balaban J connectivity index is 2.44. The standard InChI is InChI=1S/C14H12F4N4/c1-8-20-7-10-11(15)9(6-19)12(22(10)21-8)13(14(16,17)18)4-2-3-5-13/h7H,2-5H2,1H3. The molecule has 0 unspecified atom stereocenters. The number of hydrogen-bond acceptors (Lipinski definition) is 3. The Morgan fingerprint density at radius 1 is 1.32 bits per heavy atom. The van der Waals surface area contributed by atoms with Crippen LogP contribution in [0, 0.1) is 24.1 Å². The normalized spacial score (nSPS) is 17.8. The molecule has 2 aromatic rings. The molecule has 116 valence electrons. The maximum absolute atomic E-state index is 14.3. The summed E-state index contributed by atoms with van der Waals surface area (Å²) in [7, 11) is 0. The molecule has 1 saturated carbocycles. The van der Waals surface area contributed by atoms with Gasteiger partial charge in [-0.05, 0) is 19.8 Å². The van der Waals surface area contributed by atoms with E-state index in [1.807, 2.05) is 0 Å². The van der Waals surface area contributed by atoms with E-state index in [9.17, 15) is 22.8 Å². The maximum atomic E-state index is 14.3. The van der Waals surface area contributed by atoms with Crippen molar-refractivity contribution in [3.63, 3.8) is 0 Å². The Hall–Kier alpha value is -2.17. The molecule has 0 aliphatic heterocycles. The van der Waals surface area contributed by atoms with Gasteiger partial charge in [-0.3, -0.25) is 0 Å². The van der Waals surface area contributed by atoms with Crippen molar-refractivity contribution in [1.82, 2.24) is 14.6 Å². The van der Waals surface area contributed by atoms with Crippen molar-refractivity contribution in [3.05, 3.63) is 29.1 Å². The van der Waals surface area contributed by atoms with E-state index in [0.29, 0.717) is 12.8 Å². The molecule has 0 bridgehead atoms. The Bertz CT molecular complexity index is 779. The zero-order valence-corrected chi connectivity index (χ0v) is 11.7. The summed E-state index contributed by atoms with van der Waals surface area (Å²) in [6.07, 6.45) is -3.04. The van der Waals surface area contributed by atoms with Crippen molar-refractivity contribution in [1.29, 1.82) is 5.26 Å². The average molecular weight is 312 g/mol. The zero-order chi connectivity index (χ0) is 16.1. The van der Waals surface area contributed by atoms with Gasteiger partial charge in [-0.1, -0.05) is 12.8 Å². The van der Waals surface area contributed by atoms with Crippen LogP contribution in [0.1, 0.15) is 42.8 Å². The fraction of sp³-hybridized carbons (Fsp3) is 0.500. The van der Waals surface area contributed by atoms with E-state index in [4.69, 9.17) is 0 Å². The van der Waals surface area contributed by atoms with Gasteiger partial charge < -0.3 is 0 Å². The van der Waals surface area contributed by atoms with Crippen molar-refractivity contribution >= 4 is 5.52 Å². The van der Waals surface area contributed by atoms with Gasteiger partial charge in [0.05, 0.1) is 11.9 Å². The predicted octanol–water partition coefficient (Wildman–Crippen LogP) is 3.42. The number of rotatable bonds is 1. The lowest BCUT2D eigenvalue weighted by atomic mass is 9.80. The van der Waals surface area contributed by atoms with Crippen LogP contribution in [0.5, 0.6) is 0 Å². The van der Waals surface area contributed by atoms with E-state index in [2.05, 4.69) is 10.1 Å². The summed E-state index contributed by atoms with van der Waals surface area (Å²) in [5, 5.41) is 13.1. The third kappa shape index (κ3) is 1.81. The van der Waals surface area contributed by atoms with Gasteiger partial charge in [0, 0.05) is 0 Å². The van der Waals surface area contributed by atoms with Crippen molar-refractivity contribution in [2.24, 2.45) is 0 Å². The van der Waals surface area contributed by atoms with Gasteiger partial charge in [0.1, 0.15) is 28.4 Å². The summed E-state index contributed by atoms with van der Waals surface area (Å²) in [4.78, 5) is 3.81. The van der Waals surface area contributed by atoms with Crippen LogP contribution in [0.2, 0.25) is 0 Å². The first kappa shape index (κ1) is 14.8. The molecule has 8 heteroatoms. The fourth-order valence-corrected chi connectivity index (χ4v) is 3.27. The van der Waals surface area contributed by atoms with Gasteiger partial charge >= 0.3 is 6.18 Å². The second-order valence-electron chi connectivity index (χ2n) is 5.54. The van der Waals surface area contributed by atoms with Gasteiger partial charge in [0.2, 0.25) is 0 Å². The number of nitriles is 1. The maximum Gasteiger partial charge on any atom is 0.399 e. The van der Waals surface area contributed by atoms with Crippen LogP contribution in [0.3, 0.4) is 0 Å². The van der Waals surface area contributed by atoms with E-state index >= 15 is 0 Å². The molecular formula is C14H12F4N4. The highest BCUT2D eigenvalue weighted by Gasteiger charge is 2.60. The molecule has 0 N–H and O–H groups in total.